The molecule has 1 aromatic heterocycles. The highest BCUT2D eigenvalue weighted by molar-refractivity contribution is 5.96. The van der Waals surface area contributed by atoms with Crippen LogP contribution in [-0.4, -0.2) is 33.9 Å². The minimum absolute atomic E-state index is 0.141. The average Bonchev–Trinajstić information content (AvgIpc) is 3.08. The van der Waals surface area contributed by atoms with E-state index in [2.05, 4.69) is 18.0 Å². The van der Waals surface area contributed by atoms with E-state index >= 15 is 0 Å². The van der Waals surface area contributed by atoms with Gasteiger partial charge in [0.05, 0.1) is 11.0 Å². The van der Waals surface area contributed by atoms with Crippen LogP contribution in [0, 0.1) is 13.8 Å². The molecule has 2 aromatic carbocycles. The Kier molecular flexibility index (Phi) is 4.04. The maximum absolute atomic E-state index is 13.0. The molecule has 1 atom stereocenters. The molecular formula is C21H23N3O. The first-order valence-corrected chi connectivity index (χ1v) is 8.93. The van der Waals surface area contributed by atoms with Crippen LogP contribution in [-0.2, 0) is 0 Å². The molecule has 0 aliphatic carbocycles. The molecule has 1 unspecified atom stereocenters. The lowest BCUT2D eigenvalue weighted by Crippen LogP contribution is -2.39. The van der Waals surface area contributed by atoms with Crippen molar-refractivity contribution in [2.75, 3.05) is 13.1 Å². The van der Waals surface area contributed by atoms with Gasteiger partial charge < -0.3 is 9.88 Å². The quantitative estimate of drug-likeness (QED) is 0.764. The van der Waals surface area contributed by atoms with Gasteiger partial charge in [-0.05, 0) is 56.0 Å². The van der Waals surface area contributed by atoms with Crippen LogP contribution >= 0.6 is 0 Å². The zero-order valence-electron chi connectivity index (χ0n) is 14.7. The molecule has 4 rings (SSSR count). The van der Waals surface area contributed by atoms with Crippen molar-refractivity contribution in [3.63, 3.8) is 0 Å². The van der Waals surface area contributed by atoms with Crippen LogP contribution in [0.25, 0.3) is 11.0 Å². The Hall–Kier alpha value is -2.62. The Balaban J connectivity index is 1.58. The van der Waals surface area contributed by atoms with E-state index in [1.54, 1.807) is 0 Å². The van der Waals surface area contributed by atoms with Crippen molar-refractivity contribution in [3.8, 4) is 0 Å². The predicted molar refractivity (Wildman–Crippen MR) is 99.9 cm³/mol. The highest BCUT2D eigenvalue weighted by Crippen LogP contribution is 2.28. The molecule has 4 nitrogen and oxygen atoms in total. The van der Waals surface area contributed by atoms with Crippen LogP contribution in [0.2, 0.25) is 0 Å². The first-order chi connectivity index (χ1) is 12.1. The monoisotopic (exact) mass is 333 g/mol. The van der Waals surface area contributed by atoms with Crippen LogP contribution < -0.4 is 0 Å². The van der Waals surface area contributed by atoms with Crippen LogP contribution in [0.5, 0.6) is 0 Å². The third kappa shape index (κ3) is 2.93. The molecule has 1 saturated heterocycles. The molecule has 0 saturated carbocycles. The summed E-state index contributed by atoms with van der Waals surface area (Å²) in [6, 6.07) is 14.1. The van der Waals surface area contributed by atoms with Crippen LogP contribution in [0.4, 0.5) is 0 Å². The van der Waals surface area contributed by atoms with E-state index in [-0.39, 0.29) is 11.8 Å². The van der Waals surface area contributed by atoms with E-state index in [9.17, 15) is 4.79 Å². The molecule has 1 amide bonds. The standard InChI is InChI=1S/C21H23N3O/c1-14-7-5-9-17(15(14)2)21(25)24-12-6-8-16(13-24)20-22-18-10-3-4-11-19(18)23-20/h3-5,7,9-11,16H,6,8,12-13H2,1-2H3,(H,22,23). The number of H-pyrrole nitrogens is 1. The SMILES string of the molecule is Cc1cccc(C(=O)N2CCCC(c3nc4ccccc4[nH]3)C2)c1C. The number of hydrogen-bond donors (Lipinski definition) is 1. The number of nitrogens with zero attached hydrogens (tertiary/aromatic N) is 2. The molecular weight excluding hydrogens is 310 g/mol. The Labute approximate surface area is 147 Å². The number of benzene rings is 2. The maximum Gasteiger partial charge on any atom is 0.254 e. The summed E-state index contributed by atoms with van der Waals surface area (Å²) in [5, 5.41) is 0. The minimum atomic E-state index is 0.141. The number of hydrogen-bond acceptors (Lipinski definition) is 2. The number of fused-ring (bicyclic) bond motifs is 1. The summed E-state index contributed by atoms with van der Waals surface area (Å²) in [4.78, 5) is 23.2. The number of likely N-dealkylation sites (tertiary alicyclic amines) is 1. The summed E-state index contributed by atoms with van der Waals surface area (Å²) in [5.41, 5.74) is 5.13. The largest absolute Gasteiger partial charge is 0.342 e. The number of carbonyl (C=O) groups excluding carboxylic acids is 1. The Morgan fingerprint density at radius 2 is 2.00 bits per heavy atom. The lowest BCUT2D eigenvalue weighted by atomic mass is 9.95. The number of aromatic amines is 1. The first-order valence-electron chi connectivity index (χ1n) is 8.93. The summed E-state index contributed by atoms with van der Waals surface area (Å²) in [5.74, 6) is 1.41. The van der Waals surface area contributed by atoms with Crippen molar-refractivity contribution in [1.82, 2.24) is 14.9 Å². The number of imidazole rings is 1. The predicted octanol–water partition coefficient (Wildman–Crippen LogP) is 4.20. The van der Waals surface area contributed by atoms with Gasteiger partial charge >= 0.3 is 0 Å². The zero-order valence-corrected chi connectivity index (χ0v) is 14.7. The van der Waals surface area contributed by atoms with E-state index in [1.165, 1.54) is 0 Å². The Morgan fingerprint density at radius 3 is 2.84 bits per heavy atom. The van der Waals surface area contributed by atoms with Gasteiger partial charge in [0.2, 0.25) is 0 Å². The van der Waals surface area contributed by atoms with Crippen molar-refractivity contribution in [3.05, 3.63) is 65.0 Å². The minimum Gasteiger partial charge on any atom is -0.342 e. The maximum atomic E-state index is 13.0. The fourth-order valence-electron chi connectivity index (χ4n) is 3.70. The molecule has 4 heteroatoms. The molecule has 1 aliphatic heterocycles. The van der Waals surface area contributed by atoms with Crippen LogP contribution in [0.3, 0.4) is 0 Å². The second-order valence-electron chi connectivity index (χ2n) is 6.98. The van der Waals surface area contributed by atoms with Crippen molar-refractivity contribution in [1.29, 1.82) is 0 Å². The van der Waals surface area contributed by atoms with E-state index in [0.717, 1.165) is 59.5 Å². The van der Waals surface area contributed by atoms with E-state index in [1.807, 2.05) is 48.2 Å². The second-order valence-corrected chi connectivity index (χ2v) is 6.98. The molecule has 0 spiro atoms. The van der Waals surface area contributed by atoms with Gasteiger partial charge in [-0.3, -0.25) is 4.79 Å². The number of para-hydroxylation sites is 2. The van der Waals surface area contributed by atoms with E-state index in [4.69, 9.17) is 4.98 Å². The molecule has 2 heterocycles. The summed E-state index contributed by atoms with van der Waals surface area (Å²) in [6.45, 7) is 5.64. The lowest BCUT2D eigenvalue weighted by molar-refractivity contribution is 0.0704. The summed E-state index contributed by atoms with van der Waals surface area (Å²) < 4.78 is 0. The van der Waals surface area contributed by atoms with E-state index < -0.39 is 0 Å². The topological polar surface area (TPSA) is 49.0 Å². The molecule has 1 N–H and O–H groups in total. The van der Waals surface area contributed by atoms with Gasteiger partial charge in [0.25, 0.3) is 5.91 Å². The highest BCUT2D eigenvalue weighted by atomic mass is 16.2. The number of carbonyl (C=O) groups is 1. The lowest BCUT2D eigenvalue weighted by Gasteiger charge is -2.32. The van der Waals surface area contributed by atoms with Crippen molar-refractivity contribution >= 4 is 16.9 Å². The fraction of sp³-hybridized carbons (Fsp3) is 0.333. The number of aromatic nitrogens is 2. The van der Waals surface area contributed by atoms with Crippen LogP contribution in [0.1, 0.15) is 46.1 Å². The molecule has 0 radical (unpaired) electrons. The third-order valence-corrected chi connectivity index (χ3v) is 5.34. The normalized spacial score (nSPS) is 17.8. The highest BCUT2D eigenvalue weighted by Gasteiger charge is 2.28. The number of aryl methyl sites for hydroxylation is 1. The molecule has 0 bridgehead atoms. The van der Waals surface area contributed by atoms with Gasteiger partial charge in [-0.2, -0.15) is 0 Å². The average molecular weight is 333 g/mol. The van der Waals surface area contributed by atoms with Gasteiger partial charge in [-0.15, -0.1) is 0 Å². The third-order valence-electron chi connectivity index (χ3n) is 5.34. The summed E-state index contributed by atoms with van der Waals surface area (Å²) in [6.07, 6.45) is 2.08. The number of amides is 1. The van der Waals surface area contributed by atoms with Crippen LogP contribution in [0.15, 0.2) is 42.5 Å². The molecule has 25 heavy (non-hydrogen) atoms. The van der Waals surface area contributed by atoms with Crippen molar-refractivity contribution in [2.45, 2.75) is 32.6 Å². The Bertz CT molecular complexity index is 895. The first kappa shape index (κ1) is 15.9. The molecule has 3 aromatic rings. The van der Waals surface area contributed by atoms with Crippen molar-refractivity contribution < 1.29 is 4.79 Å². The van der Waals surface area contributed by atoms with Gasteiger partial charge in [-0.1, -0.05) is 24.3 Å². The zero-order chi connectivity index (χ0) is 17.4. The smallest absolute Gasteiger partial charge is 0.254 e. The second kappa shape index (κ2) is 6.36. The fourth-order valence-corrected chi connectivity index (χ4v) is 3.70. The van der Waals surface area contributed by atoms with E-state index in [0.29, 0.717) is 0 Å². The molecule has 1 aliphatic rings. The van der Waals surface area contributed by atoms with Gasteiger partial charge in [-0.25, -0.2) is 4.98 Å². The van der Waals surface area contributed by atoms with Gasteiger partial charge in [0, 0.05) is 24.6 Å². The number of nitrogens with one attached hydrogen (secondary N) is 1. The van der Waals surface area contributed by atoms with Gasteiger partial charge in [0.15, 0.2) is 0 Å². The number of piperidine rings is 1. The van der Waals surface area contributed by atoms with Gasteiger partial charge in [0.1, 0.15) is 5.82 Å². The Morgan fingerprint density at radius 1 is 1.16 bits per heavy atom. The summed E-state index contributed by atoms with van der Waals surface area (Å²) >= 11 is 0. The summed E-state index contributed by atoms with van der Waals surface area (Å²) in [7, 11) is 0. The molecule has 128 valence electrons. The molecule has 1 fully saturated rings. The number of rotatable bonds is 2. The van der Waals surface area contributed by atoms with Crippen molar-refractivity contribution in [2.24, 2.45) is 0 Å².